The van der Waals surface area contributed by atoms with Crippen molar-refractivity contribution >= 4 is 11.4 Å². The van der Waals surface area contributed by atoms with E-state index in [-0.39, 0.29) is 5.56 Å². The fourth-order valence-electron chi connectivity index (χ4n) is 1.89. The van der Waals surface area contributed by atoms with Crippen molar-refractivity contribution in [2.45, 2.75) is 13.0 Å². The van der Waals surface area contributed by atoms with Crippen LogP contribution in [0.3, 0.4) is 0 Å². The smallest absolute Gasteiger partial charge is 0.263 e. The van der Waals surface area contributed by atoms with E-state index in [1.165, 1.54) is 12.1 Å². The van der Waals surface area contributed by atoms with Gasteiger partial charge >= 0.3 is 0 Å². The van der Waals surface area contributed by atoms with Crippen molar-refractivity contribution in [3.05, 3.63) is 53.9 Å². The highest BCUT2D eigenvalue weighted by molar-refractivity contribution is 5.68. The van der Waals surface area contributed by atoms with E-state index in [0.29, 0.717) is 6.54 Å². The van der Waals surface area contributed by atoms with E-state index in [2.05, 4.69) is 10.3 Å². The van der Waals surface area contributed by atoms with Crippen LogP contribution in [0.15, 0.2) is 42.7 Å². The van der Waals surface area contributed by atoms with Gasteiger partial charge in [-0.2, -0.15) is 0 Å². The summed E-state index contributed by atoms with van der Waals surface area (Å²) < 4.78 is 24.9. The maximum Gasteiger partial charge on any atom is 0.263 e. The van der Waals surface area contributed by atoms with E-state index in [9.17, 15) is 8.78 Å². The van der Waals surface area contributed by atoms with Gasteiger partial charge in [-0.25, -0.2) is 8.78 Å². The standard InChI is InChI=1S/C15H17F2N3/c1-20(2)14-7-8-18-10-13(14)19-9-11-3-5-12(6-4-11)15(16)17/h3-8,10,15,19H,9H2,1-2H3. The minimum atomic E-state index is -2.42. The lowest BCUT2D eigenvalue weighted by atomic mass is 10.1. The van der Waals surface area contributed by atoms with Crippen LogP contribution in [0.4, 0.5) is 20.2 Å². The second kappa shape index (κ2) is 6.32. The highest BCUT2D eigenvalue weighted by Crippen LogP contribution is 2.23. The summed E-state index contributed by atoms with van der Waals surface area (Å²) >= 11 is 0. The van der Waals surface area contributed by atoms with E-state index < -0.39 is 6.43 Å². The van der Waals surface area contributed by atoms with Gasteiger partial charge in [-0.15, -0.1) is 0 Å². The Hall–Kier alpha value is -2.17. The van der Waals surface area contributed by atoms with Crippen LogP contribution < -0.4 is 10.2 Å². The van der Waals surface area contributed by atoms with Gasteiger partial charge in [0, 0.05) is 32.4 Å². The Morgan fingerprint density at radius 1 is 1.15 bits per heavy atom. The molecule has 0 radical (unpaired) electrons. The molecule has 0 spiro atoms. The van der Waals surface area contributed by atoms with Crippen molar-refractivity contribution in [1.82, 2.24) is 4.98 Å². The lowest BCUT2D eigenvalue weighted by Gasteiger charge is -2.17. The van der Waals surface area contributed by atoms with E-state index in [4.69, 9.17) is 0 Å². The lowest BCUT2D eigenvalue weighted by Crippen LogP contribution is -2.12. The zero-order chi connectivity index (χ0) is 14.5. The predicted molar refractivity (Wildman–Crippen MR) is 77.3 cm³/mol. The van der Waals surface area contributed by atoms with Crippen LogP contribution in [0.25, 0.3) is 0 Å². The Morgan fingerprint density at radius 3 is 2.45 bits per heavy atom. The summed E-state index contributed by atoms with van der Waals surface area (Å²) in [5.41, 5.74) is 2.94. The normalized spacial score (nSPS) is 10.7. The summed E-state index contributed by atoms with van der Waals surface area (Å²) in [7, 11) is 3.91. The van der Waals surface area contributed by atoms with Gasteiger partial charge in [0.2, 0.25) is 0 Å². The molecule has 0 fully saturated rings. The SMILES string of the molecule is CN(C)c1ccncc1NCc1ccc(C(F)F)cc1. The van der Waals surface area contributed by atoms with Crippen molar-refractivity contribution in [2.75, 3.05) is 24.3 Å². The van der Waals surface area contributed by atoms with Crippen molar-refractivity contribution in [3.63, 3.8) is 0 Å². The lowest BCUT2D eigenvalue weighted by molar-refractivity contribution is 0.151. The molecule has 3 nitrogen and oxygen atoms in total. The first-order valence-corrected chi connectivity index (χ1v) is 6.30. The number of aromatic nitrogens is 1. The van der Waals surface area contributed by atoms with Crippen LogP contribution in [0.2, 0.25) is 0 Å². The largest absolute Gasteiger partial charge is 0.378 e. The number of hydrogen-bond donors (Lipinski definition) is 1. The Kier molecular flexibility index (Phi) is 4.50. The summed E-state index contributed by atoms with van der Waals surface area (Å²) in [5, 5.41) is 3.27. The first-order valence-electron chi connectivity index (χ1n) is 6.30. The highest BCUT2D eigenvalue weighted by atomic mass is 19.3. The van der Waals surface area contributed by atoms with Gasteiger partial charge in [0.25, 0.3) is 6.43 Å². The molecule has 1 heterocycles. The first kappa shape index (κ1) is 14.2. The van der Waals surface area contributed by atoms with E-state index in [0.717, 1.165) is 16.9 Å². The Bertz CT molecular complexity index is 553. The van der Waals surface area contributed by atoms with Gasteiger partial charge in [0.1, 0.15) is 0 Å². The number of halogens is 2. The van der Waals surface area contributed by atoms with Gasteiger partial charge in [-0.05, 0) is 11.6 Å². The molecular weight excluding hydrogens is 260 g/mol. The van der Waals surface area contributed by atoms with Gasteiger partial charge in [-0.3, -0.25) is 4.98 Å². The molecule has 0 bridgehead atoms. The van der Waals surface area contributed by atoms with Crippen molar-refractivity contribution in [1.29, 1.82) is 0 Å². The molecular formula is C15H17F2N3. The quantitative estimate of drug-likeness (QED) is 0.903. The molecule has 1 N–H and O–H groups in total. The molecule has 0 amide bonds. The number of benzene rings is 1. The number of nitrogens with one attached hydrogen (secondary N) is 1. The summed E-state index contributed by atoms with van der Waals surface area (Å²) in [6, 6.07) is 8.25. The maximum atomic E-state index is 12.5. The molecule has 106 valence electrons. The summed E-state index contributed by atoms with van der Waals surface area (Å²) in [5.74, 6) is 0. The number of pyridine rings is 1. The average molecular weight is 277 g/mol. The zero-order valence-electron chi connectivity index (χ0n) is 11.5. The average Bonchev–Trinajstić information content (AvgIpc) is 2.45. The second-order valence-electron chi connectivity index (χ2n) is 4.68. The van der Waals surface area contributed by atoms with Crippen LogP contribution in [0.1, 0.15) is 17.6 Å². The van der Waals surface area contributed by atoms with Crippen LogP contribution >= 0.6 is 0 Å². The number of nitrogens with zero attached hydrogens (tertiary/aromatic N) is 2. The predicted octanol–water partition coefficient (Wildman–Crippen LogP) is 3.70. The van der Waals surface area contributed by atoms with Crippen LogP contribution in [-0.4, -0.2) is 19.1 Å². The summed E-state index contributed by atoms with van der Waals surface area (Å²) in [6.07, 6.45) is 1.07. The fraction of sp³-hybridized carbons (Fsp3) is 0.267. The van der Waals surface area contributed by atoms with Gasteiger partial charge in [0.05, 0.1) is 17.6 Å². The van der Waals surface area contributed by atoms with Gasteiger partial charge < -0.3 is 10.2 Å². The van der Waals surface area contributed by atoms with Crippen molar-refractivity contribution in [3.8, 4) is 0 Å². The first-order chi connectivity index (χ1) is 9.58. The van der Waals surface area contributed by atoms with Crippen molar-refractivity contribution < 1.29 is 8.78 Å². The minimum Gasteiger partial charge on any atom is -0.378 e. The Labute approximate surface area is 117 Å². The molecule has 0 atom stereocenters. The highest BCUT2D eigenvalue weighted by Gasteiger charge is 2.07. The molecule has 0 saturated heterocycles. The molecule has 2 rings (SSSR count). The topological polar surface area (TPSA) is 28.2 Å². The molecule has 0 unspecified atom stereocenters. The van der Waals surface area contributed by atoms with Crippen LogP contribution in [-0.2, 0) is 6.54 Å². The molecule has 2 aromatic rings. The number of alkyl halides is 2. The monoisotopic (exact) mass is 277 g/mol. The zero-order valence-corrected chi connectivity index (χ0v) is 11.5. The molecule has 1 aromatic heterocycles. The van der Waals surface area contributed by atoms with E-state index in [1.807, 2.05) is 25.1 Å². The molecule has 0 aliphatic rings. The molecule has 0 aliphatic carbocycles. The van der Waals surface area contributed by atoms with Crippen LogP contribution in [0.5, 0.6) is 0 Å². The Balaban J connectivity index is 2.05. The molecule has 0 saturated carbocycles. The van der Waals surface area contributed by atoms with Gasteiger partial charge in [0.15, 0.2) is 0 Å². The Morgan fingerprint density at radius 2 is 1.85 bits per heavy atom. The molecule has 0 aliphatic heterocycles. The number of hydrogen-bond acceptors (Lipinski definition) is 3. The van der Waals surface area contributed by atoms with Gasteiger partial charge in [-0.1, -0.05) is 24.3 Å². The van der Waals surface area contributed by atoms with E-state index in [1.54, 1.807) is 24.5 Å². The molecule has 1 aromatic carbocycles. The third-order valence-corrected chi connectivity index (χ3v) is 2.99. The fourth-order valence-corrected chi connectivity index (χ4v) is 1.89. The maximum absolute atomic E-state index is 12.5. The minimum absolute atomic E-state index is 0.0455. The number of rotatable bonds is 5. The van der Waals surface area contributed by atoms with Crippen LogP contribution in [0, 0.1) is 0 Å². The summed E-state index contributed by atoms with van der Waals surface area (Å²) in [4.78, 5) is 6.08. The van der Waals surface area contributed by atoms with Crippen molar-refractivity contribution in [2.24, 2.45) is 0 Å². The summed E-state index contributed by atoms with van der Waals surface area (Å²) in [6.45, 7) is 0.566. The molecule has 20 heavy (non-hydrogen) atoms. The third kappa shape index (κ3) is 3.44. The number of anilines is 2. The van der Waals surface area contributed by atoms with E-state index >= 15 is 0 Å². The molecule has 5 heteroatoms. The third-order valence-electron chi connectivity index (χ3n) is 2.99. The second-order valence-corrected chi connectivity index (χ2v) is 4.68.